The summed E-state index contributed by atoms with van der Waals surface area (Å²) in [4.78, 5) is 2.33. The first-order valence-electron chi connectivity index (χ1n) is 2.88. The minimum atomic E-state index is -1.98. The highest BCUT2D eigenvalue weighted by atomic mass is 32.2. The highest BCUT2D eigenvalue weighted by Gasteiger charge is 2.15. The molecule has 1 saturated heterocycles. The Hall–Kier alpha value is -0.350. The maximum Gasteiger partial charge on any atom is 0.228 e. The zero-order valence-electron chi connectivity index (χ0n) is 5.29. The lowest BCUT2D eigenvalue weighted by Gasteiger charge is -2.02. The summed E-state index contributed by atoms with van der Waals surface area (Å²) in [6.07, 6.45) is 1.69. The normalized spacial score (nSPS) is 20.8. The van der Waals surface area contributed by atoms with Crippen molar-refractivity contribution in [3.05, 3.63) is 0 Å². The van der Waals surface area contributed by atoms with Gasteiger partial charge in [-0.3, -0.25) is 4.90 Å². The van der Waals surface area contributed by atoms with E-state index in [4.69, 9.17) is 0 Å². The summed E-state index contributed by atoms with van der Waals surface area (Å²) in [7, 11) is -0.175. The van der Waals surface area contributed by atoms with E-state index in [0.717, 1.165) is 13.0 Å². The van der Waals surface area contributed by atoms with Gasteiger partial charge >= 0.3 is 0 Å². The van der Waals surface area contributed by atoms with E-state index in [-0.39, 0.29) is 0 Å². The summed E-state index contributed by atoms with van der Waals surface area (Å²) in [5.74, 6) is 0. The predicted molar refractivity (Wildman–Crippen MR) is 35.8 cm³/mol. The van der Waals surface area contributed by atoms with Gasteiger partial charge in [0.2, 0.25) is 10.3 Å². The van der Waals surface area contributed by atoms with Crippen molar-refractivity contribution >= 4 is 15.3 Å². The van der Waals surface area contributed by atoms with Crippen LogP contribution in [0.4, 0.5) is 0 Å². The molecule has 0 saturated carbocycles. The number of rotatable bonds is 0. The highest BCUT2D eigenvalue weighted by Crippen LogP contribution is 2.06. The van der Waals surface area contributed by atoms with Crippen molar-refractivity contribution in [2.45, 2.75) is 12.8 Å². The maximum atomic E-state index is 10.3. The second-order valence-corrected chi connectivity index (χ2v) is 3.09. The van der Waals surface area contributed by atoms with Gasteiger partial charge in [-0.15, -0.1) is 0 Å². The minimum Gasteiger partial charge on any atom is -0.269 e. The van der Waals surface area contributed by atoms with E-state index in [0.29, 0.717) is 11.4 Å². The van der Waals surface area contributed by atoms with Gasteiger partial charge in [0.25, 0.3) is 0 Å². The summed E-state index contributed by atoms with van der Waals surface area (Å²) in [5, 5.41) is 0. The molecule has 0 amide bonds. The Labute approximate surface area is 55.8 Å². The van der Waals surface area contributed by atoms with E-state index >= 15 is 0 Å². The van der Waals surface area contributed by atoms with Crippen LogP contribution in [0.15, 0.2) is 0 Å². The van der Waals surface area contributed by atoms with Gasteiger partial charge in [0.05, 0.1) is 0 Å². The van der Waals surface area contributed by atoms with Gasteiger partial charge in [-0.25, -0.2) is 0 Å². The van der Waals surface area contributed by atoms with Crippen molar-refractivity contribution in [2.24, 2.45) is 0 Å². The average molecular weight is 147 g/mol. The van der Waals surface area contributed by atoms with E-state index in [1.807, 2.05) is 0 Å². The van der Waals surface area contributed by atoms with Gasteiger partial charge in [-0.05, 0) is 19.9 Å². The van der Waals surface area contributed by atoms with E-state index in [9.17, 15) is 8.42 Å². The fraction of sp³-hybridized carbons (Fsp3) is 0.800. The molecule has 9 heavy (non-hydrogen) atoms. The molecule has 1 aliphatic rings. The van der Waals surface area contributed by atoms with Gasteiger partial charge in [0.1, 0.15) is 4.99 Å². The van der Waals surface area contributed by atoms with Crippen molar-refractivity contribution in [2.75, 3.05) is 13.6 Å². The summed E-state index contributed by atoms with van der Waals surface area (Å²) >= 11 is 0. The molecule has 1 fully saturated rings. The molecular weight excluding hydrogens is 138 g/mol. The Morgan fingerprint density at radius 2 is 2.22 bits per heavy atom. The predicted octanol–water partition coefficient (Wildman–Crippen LogP) is -0.279. The Bertz CT molecular complexity index is 221. The molecule has 0 bridgehead atoms. The quantitative estimate of drug-likeness (QED) is 0.442. The second kappa shape index (κ2) is 2.49. The Morgan fingerprint density at radius 1 is 1.56 bits per heavy atom. The summed E-state index contributed by atoms with van der Waals surface area (Å²) in [5.41, 5.74) is 0. The molecule has 1 heterocycles. The van der Waals surface area contributed by atoms with Crippen molar-refractivity contribution in [3.63, 3.8) is 0 Å². The van der Waals surface area contributed by atoms with Crippen LogP contribution in [-0.4, -0.2) is 31.9 Å². The van der Waals surface area contributed by atoms with Crippen LogP contribution >= 0.6 is 0 Å². The smallest absolute Gasteiger partial charge is 0.228 e. The highest BCUT2D eigenvalue weighted by molar-refractivity contribution is 7.72. The first-order valence-corrected chi connectivity index (χ1v) is 3.95. The van der Waals surface area contributed by atoms with Crippen molar-refractivity contribution < 1.29 is 8.42 Å². The molecule has 0 unspecified atom stereocenters. The molecule has 0 aliphatic carbocycles. The molecule has 4 heteroatoms. The van der Waals surface area contributed by atoms with Crippen molar-refractivity contribution in [1.29, 1.82) is 0 Å². The Morgan fingerprint density at radius 3 is 2.44 bits per heavy atom. The lowest BCUT2D eigenvalue weighted by atomic mass is 10.4. The number of hydrogen-bond acceptors (Lipinski definition) is 2. The van der Waals surface area contributed by atoms with Crippen LogP contribution in [0, 0.1) is 0 Å². The third-order valence-corrected chi connectivity index (χ3v) is 2.40. The van der Waals surface area contributed by atoms with E-state index in [2.05, 4.69) is 0 Å². The molecule has 1 rings (SSSR count). The van der Waals surface area contributed by atoms with E-state index < -0.39 is 10.3 Å². The fourth-order valence-electron chi connectivity index (χ4n) is 0.994. The van der Waals surface area contributed by atoms with Gasteiger partial charge in [-0.2, -0.15) is 8.42 Å². The van der Waals surface area contributed by atoms with Crippen molar-refractivity contribution in [1.82, 2.24) is 4.90 Å². The molecular formula is C5H9NO2S. The number of nitrogens with zero attached hydrogens (tertiary/aromatic N) is 1. The second-order valence-electron chi connectivity index (χ2n) is 2.15. The largest absolute Gasteiger partial charge is 0.269 e. The first kappa shape index (κ1) is 6.77. The average Bonchev–Trinajstić information content (AvgIpc) is 2.13. The monoisotopic (exact) mass is 147 g/mol. The van der Waals surface area contributed by atoms with Crippen LogP contribution in [0.25, 0.3) is 0 Å². The Kier molecular flexibility index (Phi) is 1.87. The number of hydrogen-bond donors (Lipinski definition) is 0. The summed E-state index contributed by atoms with van der Waals surface area (Å²) in [6, 6.07) is 0. The zero-order valence-corrected chi connectivity index (χ0v) is 6.11. The van der Waals surface area contributed by atoms with Crippen LogP contribution in [0.1, 0.15) is 12.8 Å². The molecule has 0 aromatic carbocycles. The zero-order chi connectivity index (χ0) is 6.85. The van der Waals surface area contributed by atoms with E-state index in [1.54, 1.807) is 11.9 Å². The summed E-state index contributed by atoms with van der Waals surface area (Å²) in [6.45, 7) is 0.878. The van der Waals surface area contributed by atoms with Crippen LogP contribution < -0.4 is 0 Å². The maximum absolute atomic E-state index is 10.3. The van der Waals surface area contributed by atoms with Gasteiger partial charge in [0, 0.05) is 6.54 Å². The lowest BCUT2D eigenvalue weighted by Crippen LogP contribution is -2.19. The van der Waals surface area contributed by atoms with Crippen LogP contribution in [-0.2, 0) is 10.3 Å². The minimum absolute atomic E-state index is 0.551. The van der Waals surface area contributed by atoms with E-state index in [1.165, 1.54) is 0 Å². The van der Waals surface area contributed by atoms with Gasteiger partial charge in [-0.1, -0.05) is 0 Å². The van der Waals surface area contributed by atoms with Crippen LogP contribution in [0.3, 0.4) is 0 Å². The van der Waals surface area contributed by atoms with Gasteiger partial charge in [0.15, 0.2) is 0 Å². The lowest BCUT2D eigenvalue weighted by molar-refractivity contribution is 0.553. The Balaban J connectivity index is 2.97. The number of likely N-dealkylation sites (tertiary alicyclic amines) is 1. The fourth-order valence-corrected chi connectivity index (χ4v) is 1.65. The third-order valence-electron chi connectivity index (χ3n) is 1.50. The topological polar surface area (TPSA) is 37.4 Å². The standard InChI is InChI=1S/C5H9NO2S/c1-6-4-2-3-5(6)9(7)8/h2-4H2,1H3. The molecule has 1 aliphatic heterocycles. The molecule has 52 valence electrons. The first-order chi connectivity index (χ1) is 4.22. The molecule has 0 aromatic heterocycles. The van der Waals surface area contributed by atoms with Gasteiger partial charge < -0.3 is 0 Å². The molecule has 0 N–H and O–H groups in total. The molecule has 0 atom stereocenters. The summed E-state index contributed by atoms with van der Waals surface area (Å²) < 4.78 is 20.7. The van der Waals surface area contributed by atoms with Crippen LogP contribution in [0.5, 0.6) is 0 Å². The third kappa shape index (κ3) is 1.31. The molecule has 0 aromatic rings. The SMILES string of the molecule is CN1CCCC1=S(=O)=O. The molecule has 3 nitrogen and oxygen atoms in total. The van der Waals surface area contributed by atoms with Crippen molar-refractivity contribution in [3.8, 4) is 0 Å². The molecule has 0 radical (unpaired) electrons. The van der Waals surface area contributed by atoms with Crippen LogP contribution in [0.2, 0.25) is 0 Å². The molecule has 0 spiro atoms.